The molecular weight excluding hydrogens is 332 g/mol. The number of carbonyl (C=O) groups excluding carboxylic acids is 1. The van der Waals surface area contributed by atoms with Gasteiger partial charge in [-0.05, 0) is 39.7 Å². The summed E-state index contributed by atoms with van der Waals surface area (Å²) in [6, 6.07) is 1.86. The zero-order valence-electron chi connectivity index (χ0n) is 16.9. The van der Waals surface area contributed by atoms with Crippen LogP contribution in [0.15, 0.2) is 12.3 Å². The summed E-state index contributed by atoms with van der Waals surface area (Å²) in [7, 11) is 0. The highest BCUT2D eigenvalue weighted by Crippen LogP contribution is 2.24. The number of nitrogens with one attached hydrogen (secondary N) is 1. The summed E-state index contributed by atoms with van der Waals surface area (Å²) in [4.78, 5) is 17.1. The van der Waals surface area contributed by atoms with Crippen LogP contribution in [0.25, 0.3) is 0 Å². The first-order valence-corrected chi connectivity index (χ1v) is 9.59. The molecule has 1 aromatic rings. The van der Waals surface area contributed by atoms with Crippen molar-refractivity contribution < 1.29 is 19.0 Å². The molecule has 0 fully saturated rings. The highest BCUT2D eigenvalue weighted by molar-refractivity contribution is 5.97. The molecule has 1 amide bonds. The third-order valence-electron chi connectivity index (χ3n) is 4.07. The van der Waals surface area contributed by atoms with Crippen molar-refractivity contribution in [2.45, 2.75) is 65.9 Å². The molecule has 0 aliphatic heterocycles. The van der Waals surface area contributed by atoms with Crippen molar-refractivity contribution in [1.82, 2.24) is 4.98 Å². The Morgan fingerprint density at radius 3 is 2.58 bits per heavy atom. The largest absolute Gasteiger partial charge is 0.475 e. The van der Waals surface area contributed by atoms with Crippen LogP contribution >= 0.6 is 0 Å². The molecule has 1 rings (SSSR count). The first-order chi connectivity index (χ1) is 12.5. The molecule has 0 aliphatic rings. The molecule has 148 valence electrons. The summed E-state index contributed by atoms with van der Waals surface area (Å²) in [5.74, 6) is 0.421. The van der Waals surface area contributed by atoms with Gasteiger partial charge >= 0.3 is 0 Å². The molecule has 6 heteroatoms. The topological polar surface area (TPSA) is 69.7 Å². The summed E-state index contributed by atoms with van der Waals surface area (Å²) in [5, 5.41) is 2.94. The number of hydrogen-bond acceptors (Lipinski definition) is 5. The number of rotatable bonds is 13. The molecule has 0 saturated heterocycles. The monoisotopic (exact) mass is 366 g/mol. The van der Waals surface area contributed by atoms with Gasteiger partial charge in [0.25, 0.3) is 5.91 Å². The molecule has 0 aromatic carbocycles. The number of nitrogens with zero attached hydrogens (tertiary/aromatic N) is 1. The predicted molar refractivity (Wildman–Crippen MR) is 104 cm³/mol. The fourth-order valence-corrected chi connectivity index (χ4v) is 2.48. The Morgan fingerprint density at radius 1 is 1.19 bits per heavy atom. The van der Waals surface area contributed by atoms with E-state index in [-0.39, 0.29) is 5.91 Å². The lowest BCUT2D eigenvalue weighted by atomic mass is 9.97. The van der Waals surface area contributed by atoms with Gasteiger partial charge in [0.05, 0.1) is 18.5 Å². The molecule has 1 N–H and O–H groups in total. The third-order valence-corrected chi connectivity index (χ3v) is 4.07. The van der Waals surface area contributed by atoms with Gasteiger partial charge in [-0.3, -0.25) is 4.79 Å². The number of pyridine rings is 1. The molecule has 26 heavy (non-hydrogen) atoms. The number of unbranched alkanes of at least 4 members (excludes halogenated alkanes) is 1. The maximum absolute atomic E-state index is 12.8. The highest BCUT2D eigenvalue weighted by Gasteiger charge is 2.33. The summed E-state index contributed by atoms with van der Waals surface area (Å²) in [6.07, 6.45) is 5.15. The highest BCUT2D eigenvalue weighted by atomic mass is 16.5. The second kappa shape index (κ2) is 11.9. The lowest BCUT2D eigenvalue weighted by Gasteiger charge is -2.28. The van der Waals surface area contributed by atoms with Crippen molar-refractivity contribution in [1.29, 1.82) is 0 Å². The minimum absolute atomic E-state index is 0.134. The van der Waals surface area contributed by atoms with Crippen molar-refractivity contribution in [3.63, 3.8) is 0 Å². The minimum Gasteiger partial charge on any atom is -0.475 e. The lowest BCUT2D eigenvalue weighted by molar-refractivity contribution is -0.140. The third kappa shape index (κ3) is 7.30. The number of aryl methyl sites for hydroxylation is 1. The van der Waals surface area contributed by atoms with Gasteiger partial charge in [-0.25, -0.2) is 4.98 Å². The zero-order valence-corrected chi connectivity index (χ0v) is 16.9. The van der Waals surface area contributed by atoms with Crippen molar-refractivity contribution in [2.75, 3.05) is 31.7 Å². The molecule has 1 heterocycles. The Bertz CT molecular complexity index is 541. The average molecular weight is 367 g/mol. The van der Waals surface area contributed by atoms with Crippen LogP contribution in [-0.4, -0.2) is 42.9 Å². The van der Waals surface area contributed by atoms with Crippen LogP contribution < -0.4 is 10.1 Å². The smallest absolute Gasteiger partial charge is 0.256 e. The molecule has 1 atom stereocenters. The molecule has 0 bridgehead atoms. The van der Waals surface area contributed by atoms with E-state index in [1.807, 2.05) is 33.8 Å². The van der Waals surface area contributed by atoms with Gasteiger partial charge in [-0.2, -0.15) is 0 Å². The van der Waals surface area contributed by atoms with E-state index in [9.17, 15) is 4.79 Å². The zero-order chi connectivity index (χ0) is 19.4. The Kier molecular flexibility index (Phi) is 10.2. The van der Waals surface area contributed by atoms with Crippen molar-refractivity contribution in [2.24, 2.45) is 0 Å². The molecular formula is C20H34N2O4. The number of aromatic nitrogens is 1. The molecule has 0 saturated carbocycles. The number of hydrogen-bond donors (Lipinski definition) is 1. The Labute approximate surface area is 157 Å². The molecule has 1 aromatic heterocycles. The van der Waals surface area contributed by atoms with E-state index >= 15 is 0 Å². The Morgan fingerprint density at radius 2 is 1.96 bits per heavy atom. The van der Waals surface area contributed by atoms with Crippen LogP contribution in [0, 0.1) is 6.92 Å². The van der Waals surface area contributed by atoms with Gasteiger partial charge in [0.15, 0.2) is 0 Å². The van der Waals surface area contributed by atoms with Crippen LogP contribution in [0.3, 0.4) is 0 Å². The van der Waals surface area contributed by atoms with Crippen LogP contribution in [-0.2, 0) is 14.3 Å². The minimum atomic E-state index is -0.827. The van der Waals surface area contributed by atoms with Crippen molar-refractivity contribution in [3.8, 4) is 5.88 Å². The molecule has 0 radical (unpaired) electrons. The van der Waals surface area contributed by atoms with E-state index in [1.165, 1.54) is 0 Å². The normalized spacial score (nSPS) is 13.3. The quantitative estimate of drug-likeness (QED) is 0.532. The van der Waals surface area contributed by atoms with E-state index in [0.717, 1.165) is 24.8 Å². The van der Waals surface area contributed by atoms with E-state index in [1.54, 1.807) is 6.20 Å². The van der Waals surface area contributed by atoms with Crippen LogP contribution in [0.1, 0.15) is 58.9 Å². The van der Waals surface area contributed by atoms with Crippen LogP contribution in [0.2, 0.25) is 0 Å². The number of ether oxygens (including phenoxy) is 3. The summed E-state index contributed by atoms with van der Waals surface area (Å²) in [6.45, 7) is 12.1. The Balaban J connectivity index is 2.72. The van der Waals surface area contributed by atoms with E-state index in [4.69, 9.17) is 14.2 Å². The Hall–Kier alpha value is -1.66. The van der Waals surface area contributed by atoms with Gasteiger partial charge in [0.1, 0.15) is 12.2 Å². The lowest BCUT2D eigenvalue weighted by Crippen LogP contribution is -2.43. The van der Waals surface area contributed by atoms with Crippen LogP contribution in [0.5, 0.6) is 5.88 Å². The summed E-state index contributed by atoms with van der Waals surface area (Å²) in [5.41, 5.74) is 0.684. The van der Waals surface area contributed by atoms with Crippen molar-refractivity contribution in [3.05, 3.63) is 17.8 Å². The van der Waals surface area contributed by atoms with Gasteiger partial charge < -0.3 is 19.5 Å². The number of anilines is 1. The number of carbonyl (C=O) groups is 1. The number of amides is 1. The predicted octanol–water partition coefficient (Wildman–Crippen LogP) is 4.12. The fraction of sp³-hybridized carbons (Fsp3) is 0.700. The van der Waals surface area contributed by atoms with E-state index in [2.05, 4.69) is 17.2 Å². The maximum Gasteiger partial charge on any atom is 0.256 e. The molecule has 6 nitrogen and oxygen atoms in total. The van der Waals surface area contributed by atoms with Crippen LogP contribution in [0.4, 0.5) is 5.69 Å². The summed E-state index contributed by atoms with van der Waals surface area (Å²) >= 11 is 0. The SMILES string of the molecule is CCCC[C@@](C)(OCCC)C(=O)Nc1cnc(OCCOCC)c(C)c1. The second-order valence-corrected chi connectivity index (χ2v) is 6.53. The molecule has 0 unspecified atom stereocenters. The summed E-state index contributed by atoms with van der Waals surface area (Å²) < 4.78 is 16.7. The molecule has 0 spiro atoms. The van der Waals surface area contributed by atoms with Gasteiger partial charge in [0, 0.05) is 18.8 Å². The first kappa shape index (κ1) is 22.4. The second-order valence-electron chi connectivity index (χ2n) is 6.53. The average Bonchev–Trinajstić information content (AvgIpc) is 2.63. The standard InChI is InChI=1S/C20H34N2O4/c1-6-9-10-20(5,26-11-7-2)19(23)22-17-14-16(4)18(21-15-17)25-13-12-24-8-3/h14-15H,6-13H2,1-5H3,(H,22,23)/t20-/m1/s1. The van der Waals surface area contributed by atoms with E-state index in [0.29, 0.717) is 44.4 Å². The van der Waals surface area contributed by atoms with E-state index < -0.39 is 5.60 Å². The first-order valence-electron chi connectivity index (χ1n) is 9.59. The van der Waals surface area contributed by atoms with Gasteiger partial charge in [-0.1, -0.05) is 26.7 Å². The van der Waals surface area contributed by atoms with Gasteiger partial charge in [-0.15, -0.1) is 0 Å². The van der Waals surface area contributed by atoms with Gasteiger partial charge in [0.2, 0.25) is 5.88 Å². The molecule has 0 aliphatic carbocycles. The van der Waals surface area contributed by atoms with Crippen molar-refractivity contribution >= 4 is 11.6 Å². The maximum atomic E-state index is 12.8. The fourth-order valence-electron chi connectivity index (χ4n) is 2.48.